The summed E-state index contributed by atoms with van der Waals surface area (Å²) in [6.45, 7) is 0.646. The lowest BCUT2D eigenvalue weighted by Gasteiger charge is -2.14. The predicted molar refractivity (Wildman–Crippen MR) is 133 cm³/mol. The molecule has 0 radical (unpaired) electrons. The van der Waals surface area contributed by atoms with Crippen molar-refractivity contribution < 1.29 is 0 Å². The van der Waals surface area contributed by atoms with Gasteiger partial charge in [0.25, 0.3) is 5.56 Å². The Hall–Kier alpha value is -2.34. The van der Waals surface area contributed by atoms with Gasteiger partial charge in [-0.25, -0.2) is 4.79 Å². The highest BCUT2D eigenvalue weighted by molar-refractivity contribution is 7.18. The van der Waals surface area contributed by atoms with Gasteiger partial charge in [0.05, 0.1) is 11.9 Å². The van der Waals surface area contributed by atoms with E-state index < -0.39 is 0 Å². The minimum absolute atomic E-state index is 0.168. The van der Waals surface area contributed by atoms with Gasteiger partial charge >= 0.3 is 5.69 Å². The number of thiophene rings is 1. The Labute approximate surface area is 199 Å². The molecule has 0 aliphatic heterocycles. The molecular formula is C25H22Cl2N2O2S. The average Bonchev–Trinajstić information content (AvgIpc) is 3.18. The topological polar surface area (TPSA) is 44.0 Å². The van der Waals surface area contributed by atoms with E-state index in [2.05, 4.69) is 0 Å². The molecule has 0 fully saturated rings. The maximum absolute atomic E-state index is 13.6. The van der Waals surface area contributed by atoms with Crippen molar-refractivity contribution in [2.75, 3.05) is 0 Å². The third-order valence-electron chi connectivity index (χ3n) is 6.13. The lowest BCUT2D eigenvalue weighted by Crippen LogP contribution is -2.40. The Kier molecular flexibility index (Phi) is 5.97. The van der Waals surface area contributed by atoms with Crippen LogP contribution in [0.2, 0.25) is 10.0 Å². The van der Waals surface area contributed by atoms with E-state index in [9.17, 15) is 9.59 Å². The van der Waals surface area contributed by atoms with Crippen molar-refractivity contribution in [3.8, 4) is 0 Å². The van der Waals surface area contributed by atoms with Gasteiger partial charge in [0.2, 0.25) is 0 Å². The normalized spacial score (nSPS) is 13.4. The van der Waals surface area contributed by atoms with Crippen LogP contribution in [0.25, 0.3) is 10.2 Å². The number of benzene rings is 2. The number of halogens is 2. The number of hydrogen-bond donors (Lipinski definition) is 0. The fourth-order valence-electron chi connectivity index (χ4n) is 4.46. The van der Waals surface area contributed by atoms with Crippen LogP contribution in [0, 0.1) is 0 Å². The minimum atomic E-state index is -0.289. The Morgan fingerprint density at radius 3 is 2.50 bits per heavy atom. The standard InChI is InChI=1S/C25H22Cl2N2O2S/c26-18-11-10-17(20(27)14-18)15-29-24-22(19-8-4-5-9-21(19)32-24)23(30)28(25(29)31)13-12-16-6-2-1-3-7-16/h1-3,6-7,10-11,14H,4-5,8-9,12-13,15H2. The first kappa shape index (κ1) is 21.5. The molecule has 1 aliphatic carbocycles. The lowest BCUT2D eigenvalue weighted by molar-refractivity contribution is 0.591. The van der Waals surface area contributed by atoms with E-state index in [-0.39, 0.29) is 11.2 Å². The zero-order chi connectivity index (χ0) is 22.2. The molecule has 2 aromatic carbocycles. The highest BCUT2D eigenvalue weighted by Gasteiger charge is 2.24. The summed E-state index contributed by atoms with van der Waals surface area (Å²) in [7, 11) is 0. The summed E-state index contributed by atoms with van der Waals surface area (Å²) in [5, 5.41) is 1.78. The maximum atomic E-state index is 13.6. The van der Waals surface area contributed by atoms with E-state index >= 15 is 0 Å². The molecule has 7 heteroatoms. The average molecular weight is 485 g/mol. The van der Waals surface area contributed by atoms with Crippen molar-refractivity contribution >= 4 is 44.8 Å². The second-order valence-electron chi connectivity index (χ2n) is 8.19. The maximum Gasteiger partial charge on any atom is 0.332 e. The lowest BCUT2D eigenvalue weighted by atomic mass is 9.97. The van der Waals surface area contributed by atoms with Crippen molar-refractivity contribution in [3.05, 3.63) is 101 Å². The zero-order valence-electron chi connectivity index (χ0n) is 17.4. The molecule has 1 aliphatic rings. The molecule has 4 nitrogen and oxygen atoms in total. The second kappa shape index (κ2) is 8.89. The van der Waals surface area contributed by atoms with Gasteiger partial charge in [0.1, 0.15) is 4.83 Å². The van der Waals surface area contributed by atoms with Crippen LogP contribution in [0.15, 0.2) is 58.1 Å². The van der Waals surface area contributed by atoms with Gasteiger partial charge in [-0.2, -0.15) is 0 Å². The molecule has 0 bridgehead atoms. The fraction of sp³-hybridized carbons (Fsp3) is 0.280. The van der Waals surface area contributed by atoms with Crippen molar-refractivity contribution in [2.24, 2.45) is 0 Å². The first-order valence-corrected chi connectivity index (χ1v) is 12.4. The Morgan fingerprint density at radius 1 is 0.938 bits per heavy atom. The molecule has 0 saturated heterocycles. The Bertz CT molecular complexity index is 1420. The molecular weight excluding hydrogens is 463 g/mol. The predicted octanol–water partition coefficient (Wildman–Crippen LogP) is 5.70. The van der Waals surface area contributed by atoms with E-state index in [1.807, 2.05) is 36.4 Å². The highest BCUT2D eigenvalue weighted by atomic mass is 35.5. The second-order valence-corrected chi connectivity index (χ2v) is 10.1. The zero-order valence-corrected chi connectivity index (χ0v) is 19.8. The third kappa shape index (κ3) is 3.94. The van der Waals surface area contributed by atoms with Gasteiger partial charge < -0.3 is 0 Å². The third-order valence-corrected chi connectivity index (χ3v) is 8.03. The summed E-state index contributed by atoms with van der Waals surface area (Å²) in [6, 6.07) is 15.2. The van der Waals surface area contributed by atoms with Crippen LogP contribution in [-0.4, -0.2) is 9.13 Å². The van der Waals surface area contributed by atoms with Crippen LogP contribution in [0.4, 0.5) is 0 Å². The molecule has 164 valence electrons. The monoisotopic (exact) mass is 484 g/mol. The van der Waals surface area contributed by atoms with E-state index in [1.54, 1.807) is 28.0 Å². The number of hydrogen-bond acceptors (Lipinski definition) is 3. The van der Waals surface area contributed by atoms with Crippen molar-refractivity contribution in [3.63, 3.8) is 0 Å². The smallest absolute Gasteiger partial charge is 0.280 e. The van der Waals surface area contributed by atoms with Crippen LogP contribution in [0.5, 0.6) is 0 Å². The Balaban J connectivity index is 1.67. The van der Waals surface area contributed by atoms with Gasteiger partial charge in [-0.15, -0.1) is 11.3 Å². The van der Waals surface area contributed by atoms with E-state index in [0.717, 1.165) is 47.2 Å². The molecule has 5 rings (SSSR count). The quantitative estimate of drug-likeness (QED) is 0.364. The summed E-state index contributed by atoms with van der Waals surface area (Å²) >= 11 is 14.1. The number of aryl methyl sites for hydroxylation is 3. The first-order valence-electron chi connectivity index (χ1n) is 10.8. The summed E-state index contributed by atoms with van der Waals surface area (Å²) < 4.78 is 3.13. The van der Waals surface area contributed by atoms with Gasteiger partial charge in [0.15, 0.2) is 0 Å². The molecule has 4 aromatic rings. The molecule has 0 N–H and O–H groups in total. The number of rotatable bonds is 5. The molecule has 0 atom stereocenters. The van der Waals surface area contributed by atoms with Crippen LogP contribution >= 0.6 is 34.5 Å². The largest absolute Gasteiger partial charge is 0.332 e. The number of fused-ring (bicyclic) bond motifs is 3. The molecule has 2 heterocycles. The number of nitrogens with zero attached hydrogens (tertiary/aromatic N) is 2. The fourth-order valence-corrected chi connectivity index (χ4v) is 6.30. The van der Waals surface area contributed by atoms with Gasteiger partial charge in [-0.1, -0.05) is 59.6 Å². The van der Waals surface area contributed by atoms with Gasteiger partial charge in [0, 0.05) is 21.5 Å². The highest BCUT2D eigenvalue weighted by Crippen LogP contribution is 2.34. The molecule has 0 spiro atoms. The van der Waals surface area contributed by atoms with Crippen molar-refractivity contribution in [2.45, 2.75) is 45.2 Å². The van der Waals surface area contributed by atoms with Crippen molar-refractivity contribution in [1.29, 1.82) is 0 Å². The van der Waals surface area contributed by atoms with Crippen molar-refractivity contribution in [1.82, 2.24) is 9.13 Å². The molecule has 2 aromatic heterocycles. The van der Waals surface area contributed by atoms with Crippen LogP contribution in [-0.2, 0) is 32.4 Å². The molecule has 0 amide bonds. The van der Waals surface area contributed by atoms with Crippen LogP contribution < -0.4 is 11.2 Å². The summed E-state index contributed by atoms with van der Waals surface area (Å²) in [5.74, 6) is 0. The van der Waals surface area contributed by atoms with Gasteiger partial charge in [-0.3, -0.25) is 13.9 Å². The van der Waals surface area contributed by atoms with Crippen LogP contribution in [0.3, 0.4) is 0 Å². The Morgan fingerprint density at radius 2 is 1.72 bits per heavy atom. The van der Waals surface area contributed by atoms with E-state index in [4.69, 9.17) is 23.2 Å². The molecule has 0 unspecified atom stereocenters. The summed E-state index contributed by atoms with van der Waals surface area (Å²) in [6.07, 6.45) is 4.67. The summed E-state index contributed by atoms with van der Waals surface area (Å²) in [5.41, 5.74) is 2.57. The van der Waals surface area contributed by atoms with Gasteiger partial charge in [-0.05, 0) is 60.9 Å². The summed E-state index contributed by atoms with van der Waals surface area (Å²) in [4.78, 5) is 29.1. The van der Waals surface area contributed by atoms with Crippen LogP contribution in [0.1, 0.15) is 34.4 Å². The minimum Gasteiger partial charge on any atom is -0.280 e. The SMILES string of the molecule is O=c1c2c3c(sc2n(Cc2ccc(Cl)cc2Cl)c(=O)n1CCc1ccccc1)CCCC3. The van der Waals surface area contributed by atoms with E-state index in [1.165, 1.54) is 9.44 Å². The van der Waals surface area contributed by atoms with E-state index in [0.29, 0.717) is 34.9 Å². The molecule has 32 heavy (non-hydrogen) atoms. The number of aromatic nitrogens is 2. The first-order chi connectivity index (χ1) is 15.5. The molecule has 0 saturated carbocycles.